The van der Waals surface area contributed by atoms with E-state index in [1.54, 1.807) is 0 Å². The molecule has 0 saturated heterocycles. The van der Waals surface area contributed by atoms with Crippen molar-refractivity contribution in [2.45, 2.75) is 48.0 Å². The average Bonchev–Trinajstić information content (AvgIpc) is 2.30. The summed E-state index contributed by atoms with van der Waals surface area (Å²) in [7, 11) is 0. The molecule has 0 aliphatic carbocycles. The molecule has 0 spiro atoms. The summed E-state index contributed by atoms with van der Waals surface area (Å²) >= 11 is 7.21. The van der Waals surface area contributed by atoms with Gasteiger partial charge < -0.3 is 34.1 Å². The first-order valence-corrected chi connectivity index (χ1v) is 12.7. The lowest BCUT2D eigenvalue weighted by molar-refractivity contribution is -0.138. The third kappa shape index (κ3) is 26.6. The Balaban J connectivity index is -0.000000396. The lowest BCUT2D eigenvalue weighted by atomic mass is 9.87. The van der Waals surface area contributed by atoms with E-state index < -0.39 is 13.4 Å². The van der Waals surface area contributed by atoms with Crippen molar-refractivity contribution in [2.24, 2.45) is 11.8 Å². The van der Waals surface area contributed by atoms with Crippen LogP contribution in [0, 0.1) is 11.8 Å². The number of rotatable bonds is 5. The summed E-state index contributed by atoms with van der Waals surface area (Å²) in [5, 5.41) is 0. The molecule has 0 rings (SSSR count). The summed E-state index contributed by atoms with van der Waals surface area (Å²) in [6.07, 6.45) is 0.754. The fourth-order valence-corrected chi connectivity index (χ4v) is 2.05. The van der Waals surface area contributed by atoms with E-state index in [0.29, 0.717) is 18.4 Å². The lowest BCUT2D eigenvalue weighted by Crippen LogP contribution is -2.15. The molecule has 12 heteroatoms. The van der Waals surface area contributed by atoms with Crippen LogP contribution in [0.4, 0.5) is 0 Å². The van der Waals surface area contributed by atoms with Gasteiger partial charge in [0, 0.05) is 5.57 Å². The molecule has 0 aliphatic heterocycles. The van der Waals surface area contributed by atoms with Crippen molar-refractivity contribution in [3.05, 3.63) is 11.1 Å². The fraction of sp³-hybridized carbons (Fsp3) is 0.769. The Morgan fingerprint density at radius 3 is 1.32 bits per heavy atom. The van der Waals surface area contributed by atoms with Crippen LogP contribution in [0.15, 0.2) is 11.1 Å². The van der Waals surface area contributed by atoms with E-state index in [0.717, 1.165) is 12.0 Å². The maximum absolute atomic E-state index is 11.7. The Morgan fingerprint density at radius 2 is 1.16 bits per heavy atom. The molecule has 0 aromatic heterocycles. The average molecular weight is 440 g/mol. The summed E-state index contributed by atoms with van der Waals surface area (Å²) in [4.78, 5) is 57.1. The van der Waals surface area contributed by atoms with Crippen molar-refractivity contribution in [3.63, 3.8) is 0 Å². The molecular weight excluding hydrogens is 410 g/mol. The Hall–Kier alpha value is 0.270. The Kier molecular flexibility index (Phi) is 17.2. The minimum Gasteiger partial charge on any atom is -0.463 e. The first-order chi connectivity index (χ1) is 11.0. The topological polar surface area (TPSA) is 148 Å². The quantitative estimate of drug-likeness (QED) is 0.213. The van der Waals surface area contributed by atoms with Gasteiger partial charge in [-0.1, -0.05) is 40.2 Å². The minimum atomic E-state index is -3.81. The predicted octanol–water partition coefficient (Wildman–Crippen LogP) is 1.94. The van der Waals surface area contributed by atoms with E-state index in [1.807, 2.05) is 13.8 Å². The second-order valence-corrected chi connectivity index (χ2v) is 10.3. The number of hydrogen-bond acceptors (Lipinski definition) is 4. The van der Waals surface area contributed by atoms with Crippen LogP contribution in [0.1, 0.15) is 48.0 Å². The third-order valence-corrected chi connectivity index (χ3v) is 2.47. The van der Waals surface area contributed by atoms with Gasteiger partial charge in [0.15, 0.2) is 0 Å². The first-order valence-electron chi connectivity index (χ1n) is 7.42. The number of carbonyl (C=O) groups excluding carboxylic acids is 1. The summed E-state index contributed by atoms with van der Waals surface area (Å²) in [6, 6.07) is 0. The number of hydrogen-bond donors (Lipinski definition) is 6. The van der Waals surface area contributed by atoms with E-state index in [2.05, 4.69) is 51.3 Å². The molecule has 0 unspecified atom stereocenters. The highest BCUT2D eigenvalue weighted by atomic mass is 32.5. The maximum atomic E-state index is 11.7. The molecule has 8 nitrogen and oxygen atoms in total. The second-order valence-electron chi connectivity index (χ2n) is 5.34. The highest BCUT2D eigenvalue weighted by Crippen LogP contribution is 2.27. The Labute approximate surface area is 159 Å². The van der Waals surface area contributed by atoms with Gasteiger partial charge in [-0.15, -0.1) is 0 Å². The summed E-state index contributed by atoms with van der Waals surface area (Å²) in [5.41, 5.74) is 2.10. The van der Waals surface area contributed by atoms with Crippen LogP contribution in [0.5, 0.6) is 0 Å². The van der Waals surface area contributed by atoms with Crippen molar-refractivity contribution in [1.29, 1.82) is 0 Å². The number of carbonyl (C=O) groups is 1. The SMILES string of the molecule is CCOC(=O)C(CC)=C(C(C)C)C(C)C.OP(O)(O)=S.OP(O)(O)=S. The van der Waals surface area contributed by atoms with Gasteiger partial charge >= 0.3 is 19.4 Å². The first kappa shape index (κ1) is 30.0. The van der Waals surface area contributed by atoms with Crippen molar-refractivity contribution in [2.75, 3.05) is 6.61 Å². The van der Waals surface area contributed by atoms with Crippen LogP contribution in [0.3, 0.4) is 0 Å². The van der Waals surface area contributed by atoms with Gasteiger partial charge in [0.25, 0.3) is 0 Å². The van der Waals surface area contributed by atoms with Crippen molar-refractivity contribution >= 4 is 43.0 Å². The standard InChI is InChI=1S/C13H24O2.2H3O3PS/c1-7-11(13(14)15-8-2)12(9(3)4)10(5)6;2*1-4(2,3)5/h9-10H,7-8H2,1-6H3;2*(H3,1,2,3,5). The van der Waals surface area contributed by atoms with Crippen LogP contribution in [-0.4, -0.2) is 41.9 Å². The van der Waals surface area contributed by atoms with Crippen molar-refractivity contribution in [1.82, 2.24) is 0 Å². The molecular formula is C13H30O8P2S2. The summed E-state index contributed by atoms with van der Waals surface area (Å²) in [6.45, 7) is 5.21. The molecule has 152 valence electrons. The maximum Gasteiger partial charge on any atom is 0.333 e. The van der Waals surface area contributed by atoms with E-state index in [-0.39, 0.29) is 5.97 Å². The minimum absolute atomic E-state index is 0.141. The van der Waals surface area contributed by atoms with Crippen LogP contribution >= 0.6 is 13.4 Å². The van der Waals surface area contributed by atoms with Crippen LogP contribution in [0.2, 0.25) is 0 Å². The van der Waals surface area contributed by atoms with Gasteiger partial charge in [-0.25, -0.2) is 4.79 Å². The molecule has 0 radical (unpaired) electrons. The van der Waals surface area contributed by atoms with Crippen LogP contribution < -0.4 is 0 Å². The molecule has 0 amide bonds. The van der Waals surface area contributed by atoms with Crippen LogP contribution in [-0.2, 0) is 33.1 Å². The molecule has 0 aliphatic rings. The molecule has 0 aromatic carbocycles. The lowest BCUT2D eigenvalue weighted by Gasteiger charge is -2.20. The highest BCUT2D eigenvalue weighted by Gasteiger charge is 2.19. The Morgan fingerprint density at radius 1 is 0.880 bits per heavy atom. The molecule has 0 saturated carbocycles. The normalized spacial score (nSPS) is 11.1. The smallest absolute Gasteiger partial charge is 0.333 e. The molecule has 6 N–H and O–H groups in total. The van der Waals surface area contributed by atoms with Gasteiger partial charge in [0.05, 0.1) is 6.61 Å². The van der Waals surface area contributed by atoms with E-state index >= 15 is 0 Å². The van der Waals surface area contributed by atoms with E-state index in [4.69, 9.17) is 34.1 Å². The van der Waals surface area contributed by atoms with Crippen molar-refractivity contribution < 1.29 is 38.9 Å². The van der Waals surface area contributed by atoms with Gasteiger partial charge in [0.2, 0.25) is 0 Å². The van der Waals surface area contributed by atoms with Crippen molar-refractivity contribution in [3.8, 4) is 0 Å². The molecule has 0 fully saturated rings. The molecule has 0 aromatic rings. The summed E-state index contributed by atoms with van der Waals surface area (Å²) < 4.78 is 5.08. The zero-order valence-corrected chi connectivity index (χ0v) is 18.7. The fourth-order valence-electron chi connectivity index (χ4n) is 2.05. The second kappa shape index (κ2) is 14.3. The van der Waals surface area contributed by atoms with Gasteiger partial charge in [-0.2, -0.15) is 0 Å². The van der Waals surface area contributed by atoms with Gasteiger partial charge in [0.1, 0.15) is 0 Å². The monoisotopic (exact) mass is 440 g/mol. The number of esters is 1. The molecule has 0 atom stereocenters. The Bertz CT molecular complexity index is 462. The van der Waals surface area contributed by atoms with Gasteiger partial charge in [-0.05, 0) is 48.8 Å². The highest BCUT2D eigenvalue weighted by molar-refractivity contribution is 8.06. The third-order valence-electron chi connectivity index (χ3n) is 2.47. The van der Waals surface area contributed by atoms with Gasteiger partial charge in [-0.3, -0.25) is 0 Å². The molecule has 0 bridgehead atoms. The zero-order chi connectivity index (χ0) is 21.0. The van der Waals surface area contributed by atoms with E-state index in [9.17, 15) is 4.79 Å². The number of ether oxygens (including phenoxy) is 1. The van der Waals surface area contributed by atoms with E-state index in [1.165, 1.54) is 5.57 Å². The largest absolute Gasteiger partial charge is 0.463 e. The van der Waals surface area contributed by atoms with Crippen LogP contribution in [0.25, 0.3) is 0 Å². The number of allylic oxidation sites excluding steroid dienone is 1. The summed E-state index contributed by atoms with van der Waals surface area (Å²) in [5.74, 6) is 0.672. The predicted molar refractivity (Wildman–Crippen MR) is 106 cm³/mol. The molecule has 0 heterocycles. The zero-order valence-electron chi connectivity index (χ0n) is 15.3. The molecule has 25 heavy (non-hydrogen) atoms.